The van der Waals surface area contributed by atoms with Gasteiger partial charge in [-0.3, -0.25) is 19.7 Å². The first-order valence-electron chi connectivity index (χ1n) is 9.32. The van der Waals surface area contributed by atoms with E-state index in [4.69, 9.17) is 14.2 Å². The number of carbonyl (C=O) groups is 2. The first-order chi connectivity index (χ1) is 14.3. The number of nitro benzene ring substituents is 1. The predicted octanol–water partition coefficient (Wildman–Crippen LogP) is 3.64. The summed E-state index contributed by atoms with van der Waals surface area (Å²) in [5.41, 5.74) is 0.735. The number of hydrogen-bond acceptors (Lipinski definition) is 7. The van der Waals surface area contributed by atoms with Crippen molar-refractivity contribution in [1.82, 2.24) is 0 Å². The molecule has 2 rings (SSSR count). The molecule has 0 aromatic heterocycles. The maximum absolute atomic E-state index is 12.3. The number of nitro groups is 1. The zero-order valence-electron chi connectivity index (χ0n) is 17.0. The lowest BCUT2D eigenvalue weighted by atomic mass is 10.2. The molecule has 9 nitrogen and oxygen atoms in total. The largest absolute Gasteiger partial charge is 0.496 e. The van der Waals surface area contributed by atoms with Crippen LogP contribution in [0, 0.1) is 17.0 Å². The van der Waals surface area contributed by atoms with E-state index >= 15 is 0 Å². The Morgan fingerprint density at radius 2 is 1.93 bits per heavy atom. The average molecular weight is 416 g/mol. The number of amides is 1. The Hall–Kier alpha value is -3.62. The normalized spacial score (nSPS) is 11.3. The highest BCUT2D eigenvalue weighted by atomic mass is 16.6. The maximum atomic E-state index is 12.3. The molecule has 160 valence electrons. The van der Waals surface area contributed by atoms with Crippen LogP contribution in [0.1, 0.15) is 25.3 Å². The molecule has 0 radical (unpaired) electrons. The van der Waals surface area contributed by atoms with Crippen LogP contribution in [0.15, 0.2) is 42.5 Å². The molecule has 2 aromatic carbocycles. The molecule has 30 heavy (non-hydrogen) atoms. The van der Waals surface area contributed by atoms with Gasteiger partial charge in [-0.25, -0.2) is 0 Å². The third-order valence-electron chi connectivity index (χ3n) is 4.12. The monoisotopic (exact) mass is 416 g/mol. The van der Waals surface area contributed by atoms with Gasteiger partial charge in [-0.05, 0) is 50.1 Å². The van der Waals surface area contributed by atoms with Crippen molar-refractivity contribution in [3.63, 3.8) is 0 Å². The van der Waals surface area contributed by atoms with E-state index in [-0.39, 0.29) is 23.5 Å². The lowest BCUT2D eigenvalue weighted by molar-refractivity contribution is -0.384. The first kappa shape index (κ1) is 22.7. The lowest BCUT2D eigenvalue weighted by Crippen LogP contribution is -2.30. The van der Waals surface area contributed by atoms with Crippen molar-refractivity contribution in [2.24, 2.45) is 0 Å². The van der Waals surface area contributed by atoms with E-state index in [0.29, 0.717) is 13.0 Å². The van der Waals surface area contributed by atoms with E-state index in [9.17, 15) is 19.7 Å². The summed E-state index contributed by atoms with van der Waals surface area (Å²) in [6, 6.07) is 11.6. The summed E-state index contributed by atoms with van der Waals surface area (Å²) >= 11 is 0. The molecule has 1 N–H and O–H groups in total. The van der Waals surface area contributed by atoms with Crippen molar-refractivity contribution in [2.75, 3.05) is 19.0 Å². The number of rotatable bonds is 10. The molecule has 1 atom stereocenters. The Kier molecular flexibility index (Phi) is 8.16. The topological polar surface area (TPSA) is 117 Å². The summed E-state index contributed by atoms with van der Waals surface area (Å²) < 4.78 is 15.6. The Morgan fingerprint density at radius 3 is 2.60 bits per heavy atom. The second kappa shape index (κ2) is 10.8. The smallest absolute Gasteiger partial charge is 0.306 e. The van der Waals surface area contributed by atoms with Gasteiger partial charge in [0.25, 0.3) is 11.6 Å². The van der Waals surface area contributed by atoms with E-state index in [0.717, 1.165) is 11.3 Å². The van der Waals surface area contributed by atoms with E-state index in [1.165, 1.54) is 32.2 Å². The van der Waals surface area contributed by atoms with Crippen LogP contribution in [0.2, 0.25) is 0 Å². The third kappa shape index (κ3) is 6.77. The van der Waals surface area contributed by atoms with Gasteiger partial charge in [-0.15, -0.1) is 0 Å². The standard InChI is InChI=1S/C21H24N2O7/c1-14-6-4-7-17(12-14)29-11-5-8-20(24)30-15(2)21(25)22-18-10-9-16(28-3)13-19(18)23(26)27/h4,6-7,9-10,12-13,15H,5,8,11H2,1-3H3,(H,22,25)/t15-/m1/s1. The van der Waals surface area contributed by atoms with Crippen molar-refractivity contribution < 1.29 is 28.7 Å². The summed E-state index contributed by atoms with van der Waals surface area (Å²) in [4.78, 5) is 34.8. The number of carbonyl (C=O) groups excluding carboxylic acids is 2. The van der Waals surface area contributed by atoms with Crippen LogP contribution in [0.4, 0.5) is 11.4 Å². The molecule has 0 fully saturated rings. The fourth-order valence-electron chi connectivity index (χ4n) is 2.55. The van der Waals surface area contributed by atoms with E-state index < -0.39 is 22.9 Å². The van der Waals surface area contributed by atoms with E-state index in [1.54, 1.807) is 0 Å². The quantitative estimate of drug-likeness (QED) is 0.272. The summed E-state index contributed by atoms with van der Waals surface area (Å²) in [6.45, 7) is 3.68. The molecule has 0 saturated heterocycles. The highest BCUT2D eigenvalue weighted by Gasteiger charge is 2.22. The number of esters is 1. The first-order valence-corrected chi connectivity index (χ1v) is 9.32. The fraction of sp³-hybridized carbons (Fsp3) is 0.333. The number of aryl methyl sites for hydroxylation is 1. The molecule has 0 bridgehead atoms. The third-order valence-corrected chi connectivity index (χ3v) is 4.12. The summed E-state index contributed by atoms with van der Waals surface area (Å²) in [5, 5.41) is 13.6. The number of nitrogens with zero attached hydrogens (tertiary/aromatic N) is 1. The second-order valence-electron chi connectivity index (χ2n) is 6.53. The molecule has 2 aromatic rings. The van der Waals surface area contributed by atoms with Crippen LogP contribution in [0.25, 0.3) is 0 Å². The molecule has 0 spiro atoms. The van der Waals surface area contributed by atoms with E-state index in [2.05, 4.69) is 5.32 Å². The number of hydrogen-bond donors (Lipinski definition) is 1. The molecule has 0 aliphatic carbocycles. The summed E-state index contributed by atoms with van der Waals surface area (Å²) in [5.74, 6) is -0.230. The highest BCUT2D eigenvalue weighted by Crippen LogP contribution is 2.29. The highest BCUT2D eigenvalue weighted by molar-refractivity contribution is 5.97. The van der Waals surface area contributed by atoms with Crippen LogP contribution in [0.3, 0.4) is 0 Å². The maximum Gasteiger partial charge on any atom is 0.306 e. The molecular formula is C21H24N2O7. The van der Waals surface area contributed by atoms with Crippen LogP contribution >= 0.6 is 0 Å². The van der Waals surface area contributed by atoms with Gasteiger partial charge >= 0.3 is 5.97 Å². The number of methoxy groups -OCH3 is 1. The number of ether oxygens (including phenoxy) is 3. The molecule has 1 amide bonds. The number of benzene rings is 2. The predicted molar refractivity (Wildman–Crippen MR) is 110 cm³/mol. The SMILES string of the molecule is COc1ccc(NC(=O)[C@@H](C)OC(=O)CCCOc2cccc(C)c2)c([N+](=O)[O-])c1. The molecule has 0 aliphatic heterocycles. The van der Waals surface area contributed by atoms with Crippen LogP contribution in [-0.2, 0) is 14.3 Å². The fourth-order valence-corrected chi connectivity index (χ4v) is 2.55. The Morgan fingerprint density at radius 1 is 1.17 bits per heavy atom. The van der Waals surface area contributed by atoms with Crippen molar-refractivity contribution in [3.05, 3.63) is 58.1 Å². The van der Waals surface area contributed by atoms with Gasteiger partial charge in [0.15, 0.2) is 6.10 Å². The van der Waals surface area contributed by atoms with Crippen molar-refractivity contribution in [2.45, 2.75) is 32.8 Å². The summed E-state index contributed by atoms with van der Waals surface area (Å²) in [7, 11) is 1.38. The zero-order chi connectivity index (χ0) is 22.1. The Labute approximate surface area is 174 Å². The van der Waals surface area contributed by atoms with Crippen molar-refractivity contribution in [1.29, 1.82) is 0 Å². The molecule has 0 unspecified atom stereocenters. The molecule has 0 saturated carbocycles. The van der Waals surface area contributed by atoms with E-state index in [1.807, 2.05) is 31.2 Å². The second-order valence-corrected chi connectivity index (χ2v) is 6.53. The van der Waals surface area contributed by atoms with Crippen LogP contribution in [0.5, 0.6) is 11.5 Å². The van der Waals surface area contributed by atoms with Crippen molar-refractivity contribution >= 4 is 23.3 Å². The van der Waals surface area contributed by atoms with Crippen LogP contribution < -0.4 is 14.8 Å². The lowest BCUT2D eigenvalue weighted by Gasteiger charge is -2.14. The van der Waals surface area contributed by atoms with Gasteiger partial charge in [0, 0.05) is 6.42 Å². The van der Waals surface area contributed by atoms with Gasteiger partial charge < -0.3 is 19.5 Å². The van der Waals surface area contributed by atoms with Gasteiger partial charge in [0.05, 0.1) is 24.7 Å². The minimum absolute atomic E-state index is 0.0137. The zero-order valence-corrected chi connectivity index (χ0v) is 17.0. The number of anilines is 1. The van der Waals surface area contributed by atoms with Gasteiger partial charge in [-0.2, -0.15) is 0 Å². The molecular weight excluding hydrogens is 392 g/mol. The minimum Gasteiger partial charge on any atom is -0.496 e. The molecule has 9 heteroatoms. The number of nitrogens with one attached hydrogen (secondary N) is 1. The molecule has 0 heterocycles. The average Bonchev–Trinajstić information content (AvgIpc) is 2.71. The van der Waals surface area contributed by atoms with Gasteiger partial charge in [0.2, 0.25) is 0 Å². The minimum atomic E-state index is -1.11. The Balaban J connectivity index is 1.81. The molecule has 0 aliphatic rings. The Bertz CT molecular complexity index is 914. The van der Waals surface area contributed by atoms with Gasteiger partial charge in [-0.1, -0.05) is 12.1 Å². The summed E-state index contributed by atoms with van der Waals surface area (Å²) in [6.07, 6.45) is -0.617. The van der Waals surface area contributed by atoms with Crippen LogP contribution in [-0.4, -0.2) is 36.6 Å². The van der Waals surface area contributed by atoms with Crippen molar-refractivity contribution in [3.8, 4) is 11.5 Å². The van der Waals surface area contributed by atoms with Gasteiger partial charge in [0.1, 0.15) is 17.2 Å².